The van der Waals surface area contributed by atoms with E-state index in [9.17, 15) is 19.2 Å². The van der Waals surface area contributed by atoms with Gasteiger partial charge in [-0.15, -0.1) is 24.3 Å². The molecule has 0 bridgehead atoms. The van der Waals surface area contributed by atoms with Gasteiger partial charge in [0.2, 0.25) is 0 Å². The van der Waals surface area contributed by atoms with Crippen molar-refractivity contribution in [2.24, 2.45) is 0 Å². The normalized spacial score (nSPS) is 9.04. The van der Waals surface area contributed by atoms with E-state index in [4.69, 9.17) is 0 Å². The van der Waals surface area contributed by atoms with Crippen LogP contribution in [0.25, 0.3) is 0 Å². The molecule has 140 valence electrons. The third-order valence-corrected chi connectivity index (χ3v) is 3.57. The summed E-state index contributed by atoms with van der Waals surface area (Å²) in [6, 6.07) is 18.6. The number of rotatable bonds is 6. The Labute approximate surface area is 179 Å². The molecule has 4 N–H and O–H groups in total. The van der Waals surface area contributed by atoms with Gasteiger partial charge in [0.25, 0.3) is 23.1 Å². The van der Waals surface area contributed by atoms with E-state index >= 15 is 0 Å². The summed E-state index contributed by atoms with van der Waals surface area (Å²) in [5, 5.41) is 0. The van der Waals surface area contributed by atoms with Crippen molar-refractivity contribution in [3.8, 4) is 0 Å². The molecule has 0 spiro atoms. The second kappa shape index (κ2) is 12.2. The average Bonchev–Trinajstić information content (AvgIpc) is 2.56. The third-order valence-electron chi connectivity index (χ3n) is 3.57. The Balaban J connectivity index is 0.000000483. The zero-order chi connectivity index (χ0) is 19.7. The predicted octanol–water partition coefficient (Wildman–Crippen LogP) is 3.48. The first kappa shape index (κ1) is 24.7. The molecule has 0 atom stereocenters. The molecule has 0 fully saturated rings. The fourth-order valence-corrected chi connectivity index (χ4v) is 2.57. The van der Waals surface area contributed by atoms with Gasteiger partial charge in [-0.3, -0.25) is 19.2 Å². The van der Waals surface area contributed by atoms with Crippen molar-refractivity contribution in [1.82, 2.24) is 0 Å². The number of hydrogen-bond acceptors (Lipinski definition) is 0. The number of ketones is 4. The monoisotopic (exact) mass is 534 g/mol. The molecule has 2 aromatic rings. The molecule has 0 unspecified atom stereocenters. The van der Waals surface area contributed by atoms with Crippen LogP contribution in [0.4, 0.5) is 0 Å². The second-order valence-electron chi connectivity index (χ2n) is 5.82. The van der Waals surface area contributed by atoms with Crippen molar-refractivity contribution in [2.45, 2.75) is 27.7 Å². The summed E-state index contributed by atoms with van der Waals surface area (Å²) >= 11 is 0. The minimum atomic E-state index is 0. The van der Waals surface area contributed by atoms with Gasteiger partial charge in [-0.1, -0.05) is 12.1 Å². The second-order valence-corrected chi connectivity index (χ2v) is 5.82. The number of hydrogen-bond donors (Lipinski definition) is 0. The summed E-state index contributed by atoms with van der Waals surface area (Å²) in [4.78, 5) is 37.3. The molecule has 0 heterocycles. The van der Waals surface area contributed by atoms with Crippen molar-refractivity contribution in [3.05, 3.63) is 83.6 Å². The fourth-order valence-electron chi connectivity index (χ4n) is 2.57. The van der Waals surface area contributed by atoms with Crippen LogP contribution in [0.1, 0.15) is 38.8 Å². The van der Waals surface area contributed by atoms with Crippen molar-refractivity contribution in [3.63, 3.8) is 0 Å². The Morgan fingerprint density at radius 3 is 0.926 bits per heavy atom. The van der Waals surface area contributed by atoms with Crippen molar-refractivity contribution in [2.75, 3.05) is 0 Å². The van der Waals surface area contributed by atoms with E-state index in [1.54, 1.807) is 27.7 Å². The molecule has 0 radical (unpaired) electrons. The van der Waals surface area contributed by atoms with Crippen LogP contribution in [0, 0.1) is 11.8 Å². The van der Waals surface area contributed by atoms with Gasteiger partial charge < -0.3 is 0 Å². The summed E-state index contributed by atoms with van der Waals surface area (Å²) in [6.07, 6.45) is 0. The van der Waals surface area contributed by atoms with Crippen LogP contribution < -0.4 is 0 Å². The van der Waals surface area contributed by atoms with Gasteiger partial charge in [0.05, 0.1) is 11.8 Å². The molecule has 0 amide bonds. The summed E-state index contributed by atoms with van der Waals surface area (Å²) in [7, 11) is 0. The maximum atomic E-state index is 9.33. The van der Waals surface area contributed by atoms with E-state index in [0.717, 1.165) is 11.1 Å². The topological polar surface area (TPSA) is 85.6 Å². The zero-order valence-electron chi connectivity index (χ0n) is 16.1. The van der Waals surface area contributed by atoms with Crippen LogP contribution in [-0.4, -0.2) is 42.3 Å². The van der Waals surface area contributed by atoms with Gasteiger partial charge in [-0.05, 0) is 0 Å². The summed E-state index contributed by atoms with van der Waals surface area (Å²) in [6.45, 7) is 6.23. The van der Waals surface area contributed by atoms with E-state index in [2.05, 4.69) is 0 Å². The standard InChI is InChI=1S/2C11H11O2.Hf/c2*1-8(12)11(9(2)13)10-6-4-3-5-7-10;/h2*3-7H,1-2H3;/q2*-1;/p+4. The SMILES string of the molecule is CC(=[OH+])[C-](C(C)=[OH+])c1ccccc1.CC(=[OH+])[C-](C(C)=[OH+])c1ccccc1.[Hf]. The fraction of sp³-hybridized carbons (Fsp3) is 0.182. The Hall–Kier alpha value is -2.27. The molecule has 2 aromatic carbocycles. The minimum Gasteiger partial charge on any atom is -0.292 e. The van der Waals surface area contributed by atoms with Crippen LogP contribution in [0.2, 0.25) is 0 Å². The van der Waals surface area contributed by atoms with Crippen LogP contribution >= 0.6 is 0 Å². The third kappa shape index (κ3) is 7.87. The molecule has 0 aliphatic carbocycles. The Bertz CT molecular complexity index is 674. The van der Waals surface area contributed by atoms with Gasteiger partial charge in [-0.2, -0.15) is 35.4 Å². The number of carbonyl (C=O) groups excluding carboxylic acids is 4. The molecule has 0 aliphatic rings. The van der Waals surface area contributed by atoms with E-state index in [-0.39, 0.29) is 49.0 Å². The van der Waals surface area contributed by atoms with Gasteiger partial charge in [0, 0.05) is 53.5 Å². The van der Waals surface area contributed by atoms with Gasteiger partial charge in [0.1, 0.15) is 0 Å². The van der Waals surface area contributed by atoms with Crippen LogP contribution in [0.5, 0.6) is 0 Å². The molecular weight excluding hydrogens is 507 g/mol. The molecular formula is C22H26HfO4+2. The summed E-state index contributed by atoms with van der Waals surface area (Å²) in [5.41, 5.74) is 1.64. The zero-order valence-corrected chi connectivity index (χ0v) is 19.7. The largest absolute Gasteiger partial charge is 0.292 e. The predicted molar refractivity (Wildman–Crippen MR) is 108 cm³/mol. The van der Waals surface area contributed by atoms with Crippen LogP contribution in [0.15, 0.2) is 60.7 Å². The van der Waals surface area contributed by atoms with E-state index in [1.807, 2.05) is 60.7 Å². The molecule has 5 heteroatoms. The average molecular weight is 533 g/mol. The van der Waals surface area contributed by atoms with E-state index < -0.39 is 0 Å². The van der Waals surface area contributed by atoms with Crippen molar-refractivity contribution in [1.29, 1.82) is 0 Å². The van der Waals surface area contributed by atoms with Crippen LogP contribution in [0.3, 0.4) is 0 Å². The Kier molecular flexibility index (Phi) is 11.2. The first-order chi connectivity index (χ1) is 12.3. The maximum absolute atomic E-state index is 9.33. The summed E-state index contributed by atoms with van der Waals surface area (Å²) in [5.74, 6) is 1.52. The van der Waals surface area contributed by atoms with Crippen molar-refractivity contribution >= 4 is 23.1 Å². The van der Waals surface area contributed by atoms with Gasteiger partial charge >= 0.3 is 0 Å². The first-order valence-electron chi connectivity index (χ1n) is 8.22. The van der Waals surface area contributed by atoms with Gasteiger partial charge in [0.15, 0.2) is 0 Å². The quantitative estimate of drug-likeness (QED) is 0.236. The van der Waals surface area contributed by atoms with E-state index in [1.165, 1.54) is 0 Å². The van der Waals surface area contributed by atoms with Crippen LogP contribution in [-0.2, 0) is 25.8 Å². The molecule has 0 saturated carbocycles. The van der Waals surface area contributed by atoms with E-state index in [0.29, 0.717) is 11.8 Å². The Morgan fingerprint density at radius 1 is 0.519 bits per heavy atom. The molecule has 0 aromatic heterocycles. The Morgan fingerprint density at radius 2 is 0.741 bits per heavy atom. The summed E-state index contributed by atoms with van der Waals surface area (Å²) < 4.78 is 0. The first-order valence-corrected chi connectivity index (χ1v) is 8.22. The molecule has 2 rings (SSSR count). The molecule has 4 nitrogen and oxygen atoms in total. The van der Waals surface area contributed by atoms with Gasteiger partial charge in [-0.25, -0.2) is 0 Å². The molecule has 0 saturated heterocycles. The maximum Gasteiger partial charge on any atom is 0.278 e. The molecule has 27 heavy (non-hydrogen) atoms. The minimum absolute atomic E-state index is 0. The molecule has 0 aliphatic heterocycles. The smallest absolute Gasteiger partial charge is 0.278 e. The van der Waals surface area contributed by atoms with Crippen molar-refractivity contribution < 1.29 is 45.0 Å². The number of benzene rings is 2.